The summed E-state index contributed by atoms with van der Waals surface area (Å²) >= 11 is 0. The zero-order valence-electron chi connectivity index (χ0n) is 8.56. The molecule has 2 atom stereocenters. The largest absolute Gasteiger partial charge is 0.380 e. The Labute approximate surface area is 87.1 Å². The Bertz CT molecular complexity index is 300. The molecule has 1 amide bonds. The Morgan fingerprint density at radius 2 is 2.27 bits per heavy atom. The number of hydrogen-bond donors (Lipinski definition) is 1. The molecular weight excluding hydrogens is 200 g/mol. The Hall–Kier alpha value is -1.17. The standard InChI is InChI=1S/C9H14N2O4/c1-9(4-15-5-9)8-6(11(13)14)2-3-7(12)10-8/h6,8H,2-5H2,1H3,(H,10,12). The van der Waals surface area contributed by atoms with Gasteiger partial charge in [0.2, 0.25) is 11.9 Å². The van der Waals surface area contributed by atoms with Crippen molar-refractivity contribution in [3.05, 3.63) is 10.1 Å². The van der Waals surface area contributed by atoms with E-state index in [1.807, 2.05) is 6.92 Å². The highest BCUT2D eigenvalue weighted by Crippen LogP contribution is 2.35. The third-order valence-corrected chi connectivity index (χ3v) is 3.25. The third kappa shape index (κ3) is 1.69. The van der Waals surface area contributed by atoms with Crippen molar-refractivity contribution in [2.24, 2.45) is 5.41 Å². The minimum atomic E-state index is -0.670. The normalized spacial score (nSPS) is 34.1. The van der Waals surface area contributed by atoms with Crippen molar-refractivity contribution in [1.29, 1.82) is 0 Å². The van der Waals surface area contributed by atoms with Crippen LogP contribution in [-0.4, -0.2) is 36.1 Å². The maximum atomic E-state index is 11.3. The molecule has 0 saturated carbocycles. The van der Waals surface area contributed by atoms with Crippen LogP contribution in [0.2, 0.25) is 0 Å². The zero-order chi connectivity index (χ0) is 11.1. The lowest BCUT2D eigenvalue weighted by molar-refractivity contribution is -0.533. The lowest BCUT2D eigenvalue weighted by Crippen LogP contribution is -2.64. The number of ether oxygens (including phenoxy) is 1. The molecule has 2 rings (SSSR count). The average molecular weight is 214 g/mol. The molecule has 2 saturated heterocycles. The lowest BCUT2D eigenvalue weighted by Gasteiger charge is -2.46. The summed E-state index contributed by atoms with van der Waals surface area (Å²) in [5, 5.41) is 13.6. The Kier molecular flexibility index (Phi) is 2.38. The number of amides is 1. The molecule has 0 radical (unpaired) electrons. The number of nitrogens with one attached hydrogen (secondary N) is 1. The van der Waals surface area contributed by atoms with Gasteiger partial charge in [0.15, 0.2) is 0 Å². The molecule has 0 aromatic heterocycles. The van der Waals surface area contributed by atoms with E-state index >= 15 is 0 Å². The molecule has 6 nitrogen and oxygen atoms in total. The number of carbonyl (C=O) groups excluding carboxylic acids is 1. The molecule has 0 spiro atoms. The second-order valence-electron chi connectivity index (χ2n) is 4.58. The van der Waals surface area contributed by atoms with E-state index in [-0.39, 0.29) is 28.7 Å². The van der Waals surface area contributed by atoms with Crippen LogP contribution in [0, 0.1) is 15.5 Å². The van der Waals surface area contributed by atoms with Gasteiger partial charge in [0, 0.05) is 23.2 Å². The highest BCUT2D eigenvalue weighted by atomic mass is 16.6. The molecule has 2 aliphatic rings. The van der Waals surface area contributed by atoms with Gasteiger partial charge in [0.25, 0.3) is 0 Å². The van der Waals surface area contributed by atoms with Crippen molar-refractivity contribution in [2.45, 2.75) is 31.8 Å². The van der Waals surface area contributed by atoms with Crippen LogP contribution in [0.5, 0.6) is 0 Å². The molecule has 84 valence electrons. The second-order valence-corrected chi connectivity index (χ2v) is 4.58. The van der Waals surface area contributed by atoms with Gasteiger partial charge in [-0.3, -0.25) is 14.9 Å². The summed E-state index contributed by atoms with van der Waals surface area (Å²) in [5.41, 5.74) is -0.270. The van der Waals surface area contributed by atoms with Crippen molar-refractivity contribution in [3.63, 3.8) is 0 Å². The smallest absolute Gasteiger partial charge is 0.234 e. The summed E-state index contributed by atoms with van der Waals surface area (Å²) in [5.74, 6) is -0.0915. The number of hydrogen-bond acceptors (Lipinski definition) is 4. The van der Waals surface area contributed by atoms with Crippen LogP contribution in [0.25, 0.3) is 0 Å². The molecule has 0 aromatic carbocycles. The van der Waals surface area contributed by atoms with E-state index in [0.29, 0.717) is 19.6 Å². The summed E-state index contributed by atoms with van der Waals surface area (Å²) in [4.78, 5) is 21.8. The number of nitro groups is 1. The first-order chi connectivity index (χ1) is 7.03. The number of rotatable bonds is 2. The van der Waals surface area contributed by atoms with Gasteiger partial charge in [0.1, 0.15) is 6.04 Å². The van der Waals surface area contributed by atoms with Gasteiger partial charge in [0.05, 0.1) is 13.2 Å². The van der Waals surface area contributed by atoms with Crippen LogP contribution in [0.15, 0.2) is 0 Å². The molecule has 2 heterocycles. The van der Waals surface area contributed by atoms with Crippen LogP contribution in [-0.2, 0) is 9.53 Å². The topological polar surface area (TPSA) is 81.5 Å². The van der Waals surface area contributed by atoms with Crippen LogP contribution >= 0.6 is 0 Å². The Morgan fingerprint density at radius 1 is 1.60 bits per heavy atom. The van der Waals surface area contributed by atoms with Crippen molar-refractivity contribution >= 4 is 5.91 Å². The van der Waals surface area contributed by atoms with Crippen LogP contribution < -0.4 is 5.32 Å². The highest BCUT2D eigenvalue weighted by molar-refractivity contribution is 5.77. The maximum absolute atomic E-state index is 11.3. The lowest BCUT2D eigenvalue weighted by atomic mass is 9.74. The molecule has 6 heteroatoms. The van der Waals surface area contributed by atoms with Crippen LogP contribution in [0.4, 0.5) is 0 Å². The van der Waals surface area contributed by atoms with Crippen LogP contribution in [0.3, 0.4) is 0 Å². The average Bonchev–Trinajstić information content (AvgIpc) is 2.13. The summed E-state index contributed by atoms with van der Waals surface area (Å²) in [6, 6.07) is -1.06. The van der Waals surface area contributed by atoms with Crippen molar-refractivity contribution in [3.8, 4) is 0 Å². The van der Waals surface area contributed by atoms with Gasteiger partial charge >= 0.3 is 0 Å². The molecule has 0 aromatic rings. The third-order valence-electron chi connectivity index (χ3n) is 3.25. The van der Waals surface area contributed by atoms with E-state index < -0.39 is 6.04 Å². The second kappa shape index (κ2) is 3.44. The van der Waals surface area contributed by atoms with Crippen molar-refractivity contribution < 1.29 is 14.5 Å². The predicted octanol–water partition coefficient (Wildman–Crippen LogP) is -0.0532. The highest BCUT2D eigenvalue weighted by Gasteiger charge is 2.52. The van der Waals surface area contributed by atoms with E-state index in [9.17, 15) is 14.9 Å². The molecule has 1 N–H and O–H groups in total. The van der Waals surface area contributed by atoms with Crippen molar-refractivity contribution in [2.75, 3.05) is 13.2 Å². The molecule has 15 heavy (non-hydrogen) atoms. The first kappa shape index (κ1) is 10.4. The number of nitrogens with zero attached hydrogens (tertiary/aromatic N) is 1. The fourth-order valence-electron chi connectivity index (χ4n) is 2.26. The number of piperidine rings is 1. The molecule has 2 fully saturated rings. The first-order valence-corrected chi connectivity index (χ1v) is 5.03. The van der Waals surface area contributed by atoms with Gasteiger partial charge in [-0.25, -0.2) is 0 Å². The molecule has 0 bridgehead atoms. The quantitative estimate of drug-likeness (QED) is 0.516. The van der Waals surface area contributed by atoms with Gasteiger partial charge in [-0.1, -0.05) is 6.92 Å². The van der Waals surface area contributed by atoms with E-state index in [1.165, 1.54) is 0 Å². The van der Waals surface area contributed by atoms with Gasteiger partial charge in [-0.05, 0) is 0 Å². The van der Waals surface area contributed by atoms with Gasteiger partial charge in [-0.2, -0.15) is 0 Å². The SMILES string of the molecule is CC1(C2NC(=O)CCC2[N+](=O)[O-])COC1. The van der Waals surface area contributed by atoms with Gasteiger partial charge in [-0.15, -0.1) is 0 Å². The van der Waals surface area contributed by atoms with E-state index in [2.05, 4.69) is 5.32 Å². The fraction of sp³-hybridized carbons (Fsp3) is 0.889. The Morgan fingerprint density at radius 3 is 2.73 bits per heavy atom. The van der Waals surface area contributed by atoms with E-state index in [4.69, 9.17) is 4.74 Å². The van der Waals surface area contributed by atoms with Crippen molar-refractivity contribution in [1.82, 2.24) is 5.32 Å². The molecular formula is C9H14N2O4. The maximum Gasteiger partial charge on any atom is 0.234 e. The monoisotopic (exact) mass is 214 g/mol. The minimum absolute atomic E-state index is 0.0915. The minimum Gasteiger partial charge on any atom is -0.380 e. The summed E-state index contributed by atoms with van der Waals surface area (Å²) in [6.45, 7) is 2.90. The Balaban J connectivity index is 2.16. The summed E-state index contributed by atoms with van der Waals surface area (Å²) in [6.07, 6.45) is 0.582. The zero-order valence-corrected chi connectivity index (χ0v) is 8.56. The molecule has 0 aliphatic carbocycles. The van der Waals surface area contributed by atoms with Crippen LogP contribution in [0.1, 0.15) is 19.8 Å². The molecule has 2 aliphatic heterocycles. The van der Waals surface area contributed by atoms with E-state index in [0.717, 1.165) is 0 Å². The first-order valence-electron chi connectivity index (χ1n) is 5.03. The number of carbonyl (C=O) groups is 1. The predicted molar refractivity (Wildman–Crippen MR) is 50.9 cm³/mol. The van der Waals surface area contributed by atoms with E-state index in [1.54, 1.807) is 0 Å². The van der Waals surface area contributed by atoms with Gasteiger partial charge < -0.3 is 10.1 Å². The summed E-state index contributed by atoms with van der Waals surface area (Å²) in [7, 11) is 0. The fourth-order valence-corrected chi connectivity index (χ4v) is 2.26. The summed E-state index contributed by atoms with van der Waals surface area (Å²) < 4.78 is 5.08. The molecule has 2 unspecified atom stereocenters.